The van der Waals surface area contributed by atoms with Crippen molar-refractivity contribution in [1.29, 1.82) is 5.26 Å². The molecule has 0 fully saturated rings. The quantitative estimate of drug-likeness (QED) is 0.436. The number of hydrogen-bond acceptors (Lipinski definition) is 3. The second-order valence-electron chi connectivity index (χ2n) is 2.25. The molecule has 4 heteroatoms. The summed E-state index contributed by atoms with van der Waals surface area (Å²) in [7, 11) is 0. The van der Waals surface area contributed by atoms with Crippen LogP contribution in [0.1, 0.15) is 13.8 Å². The van der Waals surface area contributed by atoms with E-state index in [-0.39, 0.29) is 5.92 Å². The maximum Gasteiger partial charge on any atom is 0.344 e. The maximum absolute atomic E-state index is 10.9. The summed E-state index contributed by atoms with van der Waals surface area (Å²) in [5, 5.41) is 8.29. The molecule has 0 N–H and O–H groups in total. The van der Waals surface area contributed by atoms with Crippen LogP contribution in [0.15, 0.2) is 11.6 Å². The minimum absolute atomic E-state index is 0.0249. The highest BCUT2D eigenvalue weighted by Crippen LogP contribution is 2.12. The van der Waals surface area contributed by atoms with Crippen LogP contribution in [0.5, 0.6) is 0 Å². The van der Waals surface area contributed by atoms with Gasteiger partial charge in [-0.05, 0) is 5.92 Å². The molecule has 0 spiro atoms. The van der Waals surface area contributed by atoms with Crippen molar-refractivity contribution in [2.24, 2.45) is 5.92 Å². The molecule has 0 radical (unpaired) electrons. The van der Waals surface area contributed by atoms with Crippen LogP contribution in [0.3, 0.4) is 0 Å². The average Bonchev–Trinajstić information content (AvgIpc) is 1.98. The Balaban J connectivity index is 4.51. The van der Waals surface area contributed by atoms with Gasteiger partial charge in [-0.2, -0.15) is 5.26 Å². The maximum atomic E-state index is 10.9. The first-order chi connectivity index (χ1) is 5.13. The van der Waals surface area contributed by atoms with E-state index in [2.05, 4.69) is 3.07 Å². The van der Waals surface area contributed by atoms with Crippen molar-refractivity contribution in [3.05, 3.63) is 11.6 Å². The summed E-state index contributed by atoms with van der Waals surface area (Å²) < 4.78 is 4.44. The van der Waals surface area contributed by atoms with Gasteiger partial charge in [0.15, 0.2) is 23.0 Å². The van der Waals surface area contributed by atoms with Gasteiger partial charge in [-0.3, -0.25) is 0 Å². The number of carbonyl (C=O) groups is 1. The van der Waals surface area contributed by atoms with Crippen LogP contribution in [0.4, 0.5) is 0 Å². The third-order valence-corrected chi connectivity index (χ3v) is 1.55. The van der Waals surface area contributed by atoms with E-state index in [0.29, 0.717) is 5.57 Å². The molecule has 0 saturated heterocycles. The lowest BCUT2D eigenvalue weighted by Crippen LogP contribution is -2.07. The fourth-order valence-electron chi connectivity index (χ4n) is 0.575. The largest absolute Gasteiger partial charge is 0.391 e. The summed E-state index contributed by atoms with van der Waals surface area (Å²) in [5.74, 6) is -0.418. The van der Waals surface area contributed by atoms with Gasteiger partial charge in [0.2, 0.25) is 0 Å². The Morgan fingerprint density at radius 1 is 1.73 bits per heavy atom. The lowest BCUT2D eigenvalue weighted by atomic mass is 10.0. The zero-order chi connectivity index (χ0) is 8.85. The summed E-state index contributed by atoms with van der Waals surface area (Å²) in [6.07, 6.45) is 1.21. The van der Waals surface area contributed by atoms with Crippen LogP contribution in [-0.4, -0.2) is 5.97 Å². The molecule has 0 aromatic carbocycles. The summed E-state index contributed by atoms with van der Waals surface area (Å²) >= 11 is 1.50. The molecular weight excluding hydrogens is 257 g/mol. The van der Waals surface area contributed by atoms with Gasteiger partial charge in [0.05, 0.1) is 11.6 Å². The first-order valence-corrected chi connectivity index (χ1v) is 3.94. The fraction of sp³-hybridized carbons (Fsp3) is 0.429. The zero-order valence-electron chi connectivity index (χ0n) is 6.30. The van der Waals surface area contributed by atoms with Gasteiger partial charge < -0.3 is 3.07 Å². The summed E-state index contributed by atoms with van der Waals surface area (Å²) in [5.41, 5.74) is 0.405. The van der Waals surface area contributed by atoms with E-state index in [4.69, 9.17) is 5.26 Å². The molecule has 0 aliphatic carbocycles. The smallest absolute Gasteiger partial charge is 0.344 e. The van der Waals surface area contributed by atoms with Crippen LogP contribution < -0.4 is 0 Å². The number of nitrogens with zero attached hydrogens (tertiary/aromatic N) is 1. The number of rotatable bonds is 2. The molecule has 0 aromatic rings. The zero-order valence-corrected chi connectivity index (χ0v) is 8.45. The molecule has 0 heterocycles. The van der Waals surface area contributed by atoms with Crippen LogP contribution >= 0.6 is 23.0 Å². The van der Waals surface area contributed by atoms with Crippen molar-refractivity contribution < 1.29 is 7.86 Å². The van der Waals surface area contributed by atoms with Crippen molar-refractivity contribution in [2.75, 3.05) is 0 Å². The third-order valence-electron chi connectivity index (χ3n) is 1.15. The summed E-state index contributed by atoms with van der Waals surface area (Å²) in [6.45, 7) is 3.66. The highest BCUT2D eigenvalue weighted by molar-refractivity contribution is 14.1. The molecule has 0 aromatic heterocycles. The van der Waals surface area contributed by atoms with E-state index in [1.54, 1.807) is 6.07 Å². The SMILES string of the molecule is CC(C)/C(=C\C#N)C(=O)OI. The molecule has 0 saturated carbocycles. The van der Waals surface area contributed by atoms with Gasteiger partial charge in [-0.25, -0.2) is 4.79 Å². The first-order valence-electron chi connectivity index (χ1n) is 3.06. The Kier molecular flexibility index (Phi) is 4.86. The molecule has 0 bridgehead atoms. The first kappa shape index (κ1) is 10.4. The van der Waals surface area contributed by atoms with E-state index in [1.807, 2.05) is 13.8 Å². The van der Waals surface area contributed by atoms with Gasteiger partial charge in [-0.15, -0.1) is 0 Å². The molecule has 0 unspecified atom stereocenters. The molecule has 0 amide bonds. The number of nitriles is 1. The number of allylic oxidation sites excluding steroid dienone is 1. The molecule has 0 aliphatic rings. The minimum Gasteiger partial charge on any atom is -0.391 e. The normalized spacial score (nSPS) is 11.0. The number of carbonyl (C=O) groups excluding carboxylic acids is 1. The molecule has 60 valence electrons. The fourth-order valence-corrected chi connectivity index (χ4v) is 0.830. The van der Waals surface area contributed by atoms with E-state index in [0.717, 1.165) is 0 Å². The van der Waals surface area contributed by atoms with Crippen LogP contribution in [0.2, 0.25) is 0 Å². The van der Waals surface area contributed by atoms with Crippen molar-refractivity contribution in [3.63, 3.8) is 0 Å². The van der Waals surface area contributed by atoms with E-state index in [9.17, 15) is 4.79 Å². The second kappa shape index (κ2) is 5.13. The van der Waals surface area contributed by atoms with Gasteiger partial charge in [0, 0.05) is 6.08 Å². The third kappa shape index (κ3) is 3.37. The molecule has 3 nitrogen and oxygen atoms in total. The Morgan fingerprint density at radius 2 is 2.27 bits per heavy atom. The van der Waals surface area contributed by atoms with Crippen molar-refractivity contribution in [1.82, 2.24) is 0 Å². The Bertz CT molecular complexity index is 215. The lowest BCUT2D eigenvalue weighted by Gasteiger charge is -2.04. The second-order valence-corrected chi connectivity index (χ2v) is 2.69. The summed E-state index contributed by atoms with van der Waals surface area (Å²) in [6, 6.07) is 1.80. The van der Waals surface area contributed by atoms with Crippen LogP contribution in [0.25, 0.3) is 0 Å². The van der Waals surface area contributed by atoms with Crippen molar-refractivity contribution in [3.8, 4) is 6.07 Å². The van der Waals surface area contributed by atoms with Crippen molar-refractivity contribution in [2.45, 2.75) is 13.8 Å². The lowest BCUT2D eigenvalue weighted by molar-refractivity contribution is -0.127. The van der Waals surface area contributed by atoms with E-state index >= 15 is 0 Å². The minimum atomic E-state index is -0.442. The highest BCUT2D eigenvalue weighted by Gasteiger charge is 2.13. The molecule has 0 aliphatic heterocycles. The Labute approximate surface area is 79.7 Å². The van der Waals surface area contributed by atoms with E-state index < -0.39 is 5.97 Å². The molecular formula is C7H8INO2. The Morgan fingerprint density at radius 3 is 2.55 bits per heavy atom. The van der Waals surface area contributed by atoms with Crippen LogP contribution in [0, 0.1) is 17.2 Å². The topological polar surface area (TPSA) is 50.1 Å². The number of halogens is 1. The molecule has 0 rings (SSSR count). The average molecular weight is 265 g/mol. The Hall–Kier alpha value is -0.570. The number of hydrogen-bond donors (Lipinski definition) is 0. The van der Waals surface area contributed by atoms with Gasteiger partial charge in [0.25, 0.3) is 0 Å². The predicted octanol–water partition coefficient (Wildman–Crippen LogP) is 1.99. The monoisotopic (exact) mass is 265 g/mol. The van der Waals surface area contributed by atoms with E-state index in [1.165, 1.54) is 29.1 Å². The summed E-state index contributed by atoms with van der Waals surface area (Å²) in [4.78, 5) is 10.9. The predicted molar refractivity (Wildman–Crippen MR) is 48.6 cm³/mol. The van der Waals surface area contributed by atoms with Gasteiger partial charge in [-0.1, -0.05) is 13.8 Å². The highest BCUT2D eigenvalue weighted by atomic mass is 127. The molecule has 11 heavy (non-hydrogen) atoms. The van der Waals surface area contributed by atoms with Gasteiger partial charge in [0.1, 0.15) is 0 Å². The standard InChI is InChI=1S/C7H8INO2/c1-5(2)6(3-4-9)7(10)11-8/h3,5H,1-2H3/b6-3+. The van der Waals surface area contributed by atoms with Gasteiger partial charge >= 0.3 is 5.97 Å². The molecule has 0 atom stereocenters. The van der Waals surface area contributed by atoms with Crippen molar-refractivity contribution >= 4 is 29.0 Å². The van der Waals surface area contributed by atoms with Crippen LogP contribution in [-0.2, 0) is 7.86 Å².